The number of ether oxygens (including phenoxy) is 1. The van der Waals surface area contributed by atoms with Gasteiger partial charge in [-0.15, -0.1) is 11.3 Å². The summed E-state index contributed by atoms with van der Waals surface area (Å²) in [6.07, 6.45) is 1.82. The Labute approximate surface area is 149 Å². The molecule has 0 radical (unpaired) electrons. The SMILES string of the molecule is Cc1cc(C(=O)COC(=O)Cc2cccs2)c(C)n1Cc1ccco1. The molecule has 0 saturated carbocycles. The summed E-state index contributed by atoms with van der Waals surface area (Å²) in [7, 11) is 0. The lowest BCUT2D eigenvalue weighted by molar-refractivity contribution is -0.141. The van der Waals surface area contributed by atoms with Crippen molar-refractivity contribution in [2.75, 3.05) is 6.61 Å². The van der Waals surface area contributed by atoms with Crippen LogP contribution in [0.3, 0.4) is 0 Å². The molecule has 6 heteroatoms. The van der Waals surface area contributed by atoms with Gasteiger partial charge in [0, 0.05) is 21.8 Å². The zero-order valence-electron chi connectivity index (χ0n) is 14.2. The molecule has 0 unspecified atom stereocenters. The van der Waals surface area contributed by atoms with E-state index in [1.165, 1.54) is 11.3 Å². The zero-order chi connectivity index (χ0) is 17.8. The molecule has 3 aromatic rings. The van der Waals surface area contributed by atoms with E-state index in [2.05, 4.69) is 0 Å². The quantitative estimate of drug-likeness (QED) is 0.477. The predicted molar refractivity (Wildman–Crippen MR) is 95.0 cm³/mol. The Morgan fingerprint density at radius 3 is 2.76 bits per heavy atom. The molecule has 3 heterocycles. The van der Waals surface area contributed by atoms with Gasteiger partial charge in [-0.2, -0.15) is 0 Å². The van der Waals surface area contributed by atoms with Gasteiger partial charge in [0.25, 0.3) is 0 Å². The van der Waals surface area contributed by atoms with Gasteiger partial charge in [-0.25, -0.2) is 0 Å². The lowest BCUT2D eigenvalue weighted by Crippen LogP contribution is -2.16. The second-order valence-electron chi connectivity index (χ2n) is 5.79. The van der Waals surface area contributed by atoms with Crippen LogP contribution in [0.4, 0.5) is 0 Å². The van der Waals surface area contributed by atoms with Crippen LogP contribution >= 0.6 is 11.3 Å². The third kappa shape index (κ3) is 4.09. The highest BCUT2D eigenvalue weighted by Crippen LogP contribution is 2.18. The van der Waals surface area contributed by atoms with Crippen molar-refractivity contribution >= 4 is 23.1 Å². The van der Waals surface area contributed by atoms with Crippen LogP contribution in [-0.4, -0.2) is 22.9 Å². The van der Waals surface area contributed by atoms with Crippen LogP contribution in [0.15, 0.2) is 46.4 Å². The first kappa shape index (κ1) is 17.2. The van der Waals surface area contributed by atoms with Crippen LogP contribution in [0.5, 0.6) is 0 Å². The fourth-order valence-corrected chi connectivity index (χ4v) is 3.41. The highest BCUT2D eigenvalue weighted by Gasteiger charge is 2.18. The van der Waals surface area contributed by atoms with Crippen molar-refractivity contribution in [1.29, 1.82) is 0 Å². The smallest absolute Gasteiger partial charge is 0.311 e. The molecule has 0 atom stereocenters. The van der Waals surface area contributed by atoms with E-state index in [1.54, 1.807) is 6.26 Å². The fraction of sp³-hybridized carbons (Fsp3) is 0.263. The Balaban J connectivity index is 1.63. The van der Waals surface area contributed by atoms with E-state index in [-0.39, 0.29) is 24.8 Å². The Morgan fingerprint density at radius 1 is 1.24 bits per heavy atom. The molecule has 3 rings (SSSR count). The Bertz CT molecular complexity index is 860. The number of rotatable bonds is 7. The number of Topliss-reactive ketones (excluding diaryl/α,β-unsaturated/α-hetero) is 1. The van der Waals surface area contributed by atoms with Crippen LogP contribution < -0.4 is 0 Å². The van der Waals surface area contributed by atoms with E-state index in [0.717, 1.165) is 22.0 Å². The number of thiophene rings is 1. The summed E-state index contributed by atoms with van der Waals surface area (Å²) in [5.74, 6) is 0.238. The minimum absolute atomic E-state index is 0.196. The topological polar surface area (TPSA) is 61.4 Å². The minimum atomic E-state index is -0.389. The first-order valence-corrected chi connectivity index (χ1v) is 8.83. The molecule has 0 spiro atoms. The highest BCUT2D eigenvalue weighted by molar-refractivity contribution is 7.10. The third-order valence-electron chi connectivity index (χ3n) is 4.03. The summed E-state index contributed by atoms with van der Waals surface area (Å²) in [5.41, 5.74) is 2.38. The Hall–Kier alpha value is -2.60. The van der Waals surface area contributed by atoms with Gasteiger partial charge < -0.3 is 13.7 Å². The van der Waals surface area contributed by atoms with E-state index < -0.39 is 0 Å². The normalized spacial score (nSPS) is 10.8. The number of aryl methyl sites for hydroxylation is 1. The summed E-state index contributed by atoms with van der Waals surface area (Å²) < 4.78 is 12.5. The highest BCUT2D eigenvalue weighted by atomic mass is 32.1. The molecule has 130 valence electrons. The molecular weight excluding hydrogens is 338 g/mol. The Kier molecular flexibility index (Phi) is 5.19. The molecule has 0 fully saturated rings. The third-order valence-corrected chi connectivity index (χ3v) is 4.91. The predicted octanol–water partition coefficient (Wildman–Crippen LogP) is 3.78. The standard InChI is InChI=1S/C19H19NO4S/c1-13-9-17(14(2)20(13)11-15-5-3-7-23-15)18(21)12-24-19(22)10-16-6-4-8-25-16/h3-9H,10-12H2,1-2H3. The maximum absolute atomic E-state index is 12.4. The number of carbonyl (C=O) groups excluding carboxylic acids is 2. The summed E-state index contributed by atoms with van der Waals surface area (Å²) in [5, 5.41) is 1.90. The summed E-state index contributed by atoms with van der Waals surface area (Å²) in [6, 6.07) is 9.31. The molecule has 5 nitrogen and oxygen atoms in total. The van der Waals surface area contributed by atoms with Crippen molar-refractivity contribution in [3.05, 3.63) is 69.6 Å². The number of nitrogens with zero attached hydrogens (tertiary/aromatic N) is 1. The molecule has 3 aromatic heterocycles. The first-order valence-electron chi connectivity index (χ1n) is 7.95. The number of ketones is 1. The molecule has 0 N–H and O–H groups in total. The van der Waals surface area contributed by atoms with Gasteiger partial charge in [0.15, 0.2) is 6.61 Å². The second-order valence-corrected chi connectivity index (χ2v) is 6.82. The van der Waals surface area contributed by atoms with Gasteiger partial charge in [0.1, 0.15) is 5.76 Å². The van der Waals surface area contributed by atoms with Gasteiger partial charge in [-0.3, -0.25) is 9.59 Å². The molecule has 0 aromatic carbocycles. The largest absolute Gasteiger partial charge is 0.467 e. The fourth-order valence-electron chi connectivity index (χ4n) is 2.72. The van der Waals surface area contributed by atoms with Gasteiger partial charge in [-0.05, 0) is 43.5 Å². The lowest BCUT2D eigenvalue weighted by Gasteiger charge is -2.08. The second kappa shape index (κ2) is 7.53. The van der Waals surface area contributed by atoms with Crippen molar-refractivity contribution in [2.24, 2.45) is 0 Å². The van der Waals surface area contributed by atoms with Crippen molar-refractivity contribution in [3.8, 4) is 0 Å². The monoisotopic (exact) mass is 357 g/mol. The first-order chi connectivity index (χ1) is 12.0. The number of hydrogen-bond acceptors (Lipinski definition) is 5. The molecule has 0 bridgehead atoms. The Morgan fingerprint density at radius 2 is 2.08 bits per heavy atom. The summed E-state index contributed by atoms with van der Waals surface area (Å²) in [4.78, 5) is 25.2. The summed E-state index contributed by atoms with van der Waals surface area (Å²) >= 11 is 1.49. The average molecular weight is 357 g/mol. The number of esters is 1. The maximum Gasteiger partial charge on any atom is 0.311 e. The molecular formula is C19H19NO4S. The molecule has 0 aliphatic heterocycles. The van der Waals surface area contributed by atoms with Gasteiger partial charge in [0.2, 0.25) is 5.78 Å². The van der Waals surface area contributed by atoms with Crippen LogP contribution in [0, 0.1) is 13.8 Å². The van der Waals surface area contributed by atoms with Gasteiger partial charge in [0.05, 0.1) is 19.2 Å². The number of carbonyl (C=O) groups is 2. The van der Waals surface area contributed by atoms with Crippen LogP contribution in [0.25, 0.3) is 0 Å². The van der Waals surface area contributed by atoms with Crippen LogP contribution in [-0.2, 0) is 22.5 Å². The summed E-state index contributed by atoms with van der Waals surface area (Å²) in [6.45, 7) is 4.15. The van der Waals surface area contributed by atoms with E-state index in [0.29, 0.717) is 12.1 Å². The molecule has 25 heavy (non-hydrogen) atoms. The maximum atomic E-state index is 12.4. The van der Waals surface area contributed by atoms with Crippen LogP contribution in [0.1, 0.15) is 32.4 Å². The van der Waals surface area contributed by atoms with E-state index in [1.807, 2.05) is 54.1 Å². The zero-order valence-corrected chi connectivity index (χ0v) is 15.0. The average Bonchev–Trinajstić information content (AvgIpc) is 3.32. The van der Waals surface area contributed by atoms with E-state index in [4.69, 9.17) is 9.15 Å². The van der Waals surface area contributed by atoms with Gasteiger partial charge >= 0.3 is 5.97 Å². The number of aromatic nitrogens is 1. The molecule has 0 saturated heterocycles. The van der Waals surface area contributed by atoms with E-state index in [9.17, 15) is 9.59 Å². The van der Waals surface area contributed by atoms with Crippen molar-refractivity contribution < 1.29 is 18.7 Å². The van der Waals surface area contributed by atoms with Crippen molar-refractivity contribution in [2.45, 2.75) is 26.8 Å². The number of furan rings is 1. The lowest BCUT2D eigenvalue weighted by atomic mass is 10.1. The van der Waals surface area contributed by atoms with Crippen molar-refractivity contribution in [1.82, 2.24) is 4.57 Å². The molecule has 0 aliphatic rings. The van der Waals surface area contributed by atoms with E-state index >= 15 is 0 Å². The van der Waals surface area contributed by atoms with Crippen LogP contribution in [0.2, 0.25) is 0 Å². The minimum Gasteiger partial charge on any atom is -0.467 e. The molecule has 0 aliphatic carbocycles. The molecule has 0 amide bonds. The number of hydrogen-bond donors (Lipinski definition) is 0. The van der Waals surface area contributed by atoms with Crippen molar-refractivity contribution in [3.63, 3.8) is 0 Å². The van der Waals surface area contributed by atoms with Gasteiger partial charge in [-0.1, -0.05) is 6.07 Å².